The normalized spacial score (nSPS) is 12.9. The van der Waals surface area contributed by atoms with E-state index in [0.717, 1.165) is 38.4 Å². The van der Waals surface area contributed by atoms with E-state index in [9.17, 15) is 4.79 Å². The van der Waals surface area contributed by atoms with Crippen molar-refractivity contribution in [3.63, 3.8) is 0 Å². The molecule has 104 valence electrons. The molecular weight excluding hydrogens is 362 g/mol. The highest BCUT2D eigenvalue weighted by atomic mass is 79.9. The minimum atomic E-state index is -0.202. The largest absolute Gasteiger partial charge is 0.321 e. The topological polar surface area (TPSA) is 50.7 Å². The number of aromatic nitrogens is 3. The number of nitrogens with one attached hydrogen (secondary N) is 1. The summed E-state index contributed by atoms with van der Waals surface area (Å²) >= 11 is 10.8. The van der Waals surface area contributed by atoms with Gasteiger partial charge in [-0.05, 0) is 25.1 Å². The molecule has 0 aliphatic heterocycles. The average Bonchev–Trinajstić information content (AvgIpc) is 2.94. The zero-order chi connectivity index (χ0) is 14.3. The number of hydrogen-bond acceptors (Lipinski definition) is 3. The van der Waals surface area contributed by atoms with Crippen molar-refractivity contribution in [1.29, 1.82) is 0 Å². The Morgan fingerprint density at radius 1 is 1.55 bits per heavy atom. The summed E-state index contributed by atoms with van der Waals surface area (Å²) < 4.78 is 3.02. The van der Waals surface area contributed by atoms with Crippen molar-refractivity contribution in [2.75, 3.05) is 0 Å². The van der Waals surface area contributed by atoms with Crippen LogP contribution in [0.1, 0.15) is 23.8 Å². The van der Waals surface area contributed by atoms with Gasteiger partial charge in [0, 0.05) is 15.5 Å². The van der Waals surface area contributed by atoms with Gasteiger partial charge in [-0.15, -0.1) is 11.6 Å². The molecule has 20 heavy (non-hydrogen) atoms. The minimum absolute atomic E-state index is 0.0485. The molecule has 0 saturated heterocycles. The first kappa shape index (κ1) is 13.9. The molecule has 1 aromatic carbocycles. The highest BCUT2D eigenvalue weighted by molar-refractivity contribution is 9.10. The van der Waals surface area contributed by atoms with Gasteiger partial charge in [0.25, 0.3) is 0 Å². The van der Waals surface area contributed by atoms with Crippen molar-refractivity contribution in [1.82, 2.24) is 14.5 Å². The number of halogens is 2. The number of rotatable bonds is 3. The van der Waals surface area contributed by atoms with Crippen LogP contribution < -0.4 is 4.87 Å². The molecule has 3 aromatic rings. The van der Waals surface area contributed by atoms with Crippen molar-refractivity contribution >= 4 is 49.9 Å². The number of benzene rings is 1. The van der Waals surface area contributed by atoms with E-state index in [1.54, 1.807) is 0 Å². The summed E-state index contributed by atoms with van der Waals surface area (Å²) in [6.45, 7) is 2.45. The summed E-state index contributed by atoms with van der Waals surface area (Å²) in [6, 6.07) is 5.93. The van der Waals surface area contributed by atoms with Gasteiger partial charge in [-0.25, -0.2) is 4.98 Å². The molecule has 4 nitrogen and oxygen atoms in total. The van der Waals surface area contributed by atoms with Crippen LogP contribution in [0.5, 0.6) is 0 Å². The first-order valence-corrected chi connectivity index (χ1v) is 8.12. The maximum absolute atomic E-state index is 11.3. The van der Waals surface area contributed by atoms with E-state index >= 15 is 0 Å². The van der Waals surface area contributed by atoms with Gasteiger partial charge in [0.2, 0.25) is 0 Å². The summed E-state index contributed by atoms with van der Waals surface area (Å²) in [7, 11) is 0. The standard InChI is InChI=1S/C13H11BrClN3OS/c1-7(15)12-17-10-4-8(14)2-3-11(10)18(12)5-9-6-20-13(19)16-9/h2-4,6-7H,5H2,1H3,(H,16,19). The average molecular weight is 373 g/mol. The van der Waals surface area contributed by atoms with Crippen LogP contribution >= 0.6 is 38.9 Å². The smallest absolute Gasteiger partial charge is 0.304 e. The second kappa shape index (κ2) is 5.35. The third kappa shape index (κ3) is 2.55. The lowest BCUT2D eigenvalue weighted by Crippen LogP contribution is -2.07. The summed E-state index contributed by atoms with van der Waals surface area (Å²) in [5.74, 6) is 0.798. The fourth-order valence-corrected chi connectivity index (χ4v) is 3.24. The second-order valence-corrected chi connectivity index (χ2v) is 6.89. The third-order valence-electron chi connectivity index (χ3n) is 2.99. The van der Waals surface area contributed by atoms with Gasteiger partial charge in [0.1, 0.15) is 5.82 Å². The Bertz CT molecular complexity index is 820. The summed E-state index contributed by atoms with van der Waals surface area (Å²) in [5, 5.41) is 1.63. The first-order valence-electron chi connectivity index (χ1n) is 6.01. The molecule has 0 aliphatic carbocycles. The zero-order valence-electron chi connectivity index (χ0n) is 10.6. The molecule has 0 aliphatic rings. The van der Waals surface area contributed by atoms with Crippen LogP contribution in [0, 0.1) is 0 Å². The molecule has 1 N–H and O–H groups in total. The van der Waals surface area contributed by atoms with Crippen molar-refractivity contribution in [2.45, 2.75) is 18.8 Å². The Balaban J connectivity index is 2.15. The van der Waals surface area contributed by atoms with Crippen molar-refractivity contribution in [3.05, 3.63) is 49.2 Å². The van der Waals surface area contributed by atoms with Gasteiger partial charge in [-0.3, -0.25) is 4.79 Å². The quantitative estimate of drug-likeness (QED) is 0.709. The van der Waals surface area contributed by atoms with Crippen molar-refractivity contribution in [2.24, 2.45) is 0 Å². The van der Waals surface area contributed by atoms with Crippen LogP contribution in [0.3, 0.4) is 0 Å². The predicted molar refractivity (Wildman–Crippen MR) is 85.7 cm³/mol. The number of fused-ring (bicyclic) bond motifs is 1. The number of alkyl halides is 1. The van der Waals surface area contributed by atoms with Gasteiger partial charge in [0.15, 0.2) is 0 Å². The van der Waals surface area contributed by atoms with E-state index in [1.165, 1.54) is 0 Å². The molecule has 7 heteroatoms. The van der Waals surface area contributed by atoms with Crippen molar-refractivity contribution in [3.8, 4) is 0 Å². The lowest BCUT2D eigenvalue weighted by Gasteiger charge is -2.09. The van der Waals surface area contributed by atoms with E-state index < -0.39 is 0 Å². The second-order valence-electron chi connectivity index (χ2n) is 4.48. The minimum Gasteiger partial charge on any atom is -0.321 e. The highest BCUT2D eigenvalue weighted by Crippen LogP contribution is 2.27. The molecule has 1 unspecified atom stereocenters. The highest BCUT2D eigenvalue weighted by Gasteiger charge is 2.15. The van der Waals surface area contributed by atoms with E-state index in [2.05, 4.69) is 25.9 Å². The van der Waals surface area contributed by atoms with Gasteiger partial charge in [0.05, 0.1) is 23.0 Å². The molecule has 3 rings (SSSR count). The monoisotopic (exact) mass is 371 g/mol. The molecule has 0 spiro atoms. The first-order chi connectivity index (χ1) is 9.54. The van der Waals surface area contributed by atoms with E-state index in [1.807, 2.05) is 35.1 Å². The van der Waals surface area contributed by atoms with E-state index in [4.69, 9.17) is 11.6 Å². The summed E-state index contributed by atoms with van der Waals surface area (Å²) in [5.41, 5.74) is 2.75. The van der Waals surface area contributed by atoms with Crippen LogP contribution in [-0.4, -0.2) is 14.5 Å². The number of hydrogen-bond donors (Lipinski definition) is 1. The Kier molecular flexibility index (Phi) is 3.70. The number of H-pyrrole nitrogens is 1. The maximum Gasteiger partial charge on any atom is 0.304 e. The van der Waals surface area contributed by atoms with Crippen LogP contribution in [0.4, 0.5) is 0 Å². The molecule has 0 fully saturated rings. The van der Waals surface area contributed by atoms with Gasteiger partial charge in [-0.1, -0.05) is 27.3 Å². The SMILES string of the molecule is CC(Cl)c1nc2cc(Br)ccc2n1Cc1csc(=O)[nH]1. The number of nitrogens with zero attached hydrogens (tertiary/aromatic N) is 2. The van der Waals surface area contributed by atoms with Crippen LogP contribution in [0.2, 0.25) is 0 Å². The van der Waals surface area contributed by atoms with Gasteiger partial charge >= 0.3 is 4.87 Å². The maximum atomic E-state index is 11.3. The van der Waals surface area contributed by atoms with Crippen molar-refractivity contribution < 1.29 is 0 Å². The fourth-order valence-electron chi connectivity index (χ4n) is 2.15. The Labute approximate surface area is 132 Å². The molecule has 2 heterocycles. The number of imidazole rings is 1. The van der Waals surface area contributed by atoms with Crippen LogP contribution in [-0.2, 0) is 6.54 Å². The van der Waals surface area contributed by atoms with Crippen LogP contribution in [0.15, 0.2) is 32.8 Å². The molecule has 0 saturated carbocycles. The number of thiazole rings is 1. The molecule has 0 bridgehead atoms. The molecule has 0 amide bonds. The Hall–Kier alpha value is -1.11. The third-order valence-corrected chi connectivity index (χ3v) is 4.40. The zero-order valence-corrected chi connectivity index (χ0v) is 13.7. The Morgan fingerprint density at radius 3 is 3.00 bits per heavy atom. The summed E-state index contributed by atoms with van der Waals surface area (Å²) in [6.07, 6.45) is 0. The van der Waals surface area contributed by atoms with Gasteiger partial charge < -0.3 is 9.55 Å². The Morgan fingerprint density at radius 2 is 2.35 bits per heavy atom. The van der Waals surface area contributed by atoms with Crippen LogP contribution in [0.25, 0.3) is 11.0 Å². The lowest BCUT2D eigenvalue weighted by atomic mass is 10.3. The molecule has 2 aromatic heterocycles. The molecule has 0 radical (unpaired) electrons. The lowest BCUT2D eigenvalue weighted by molar-refractivity contribution is 0.729. The molecule has 1 atom stereocenters. The molecular formula is C13H11BrClN3OS. The summed E-state index contributed by atoms with van der Waals surface area (Å²) in [4.78, 5) is 18.6. The van der Waals surface area contributed by atoms with Gasteiger partial charge in [-0.2, -0.15) is 0 Å². The van der Waals surface area contributed by atoms with E-state index in [0.29, 0.717) is 6.54 Å². The fraction of sp³-hybridized carbons (Fsp3) is 0.231. The predicted octanol–water partition coefficient (Wildman–Crippen LogP) is 3.90. The number of aromatic amines is 1. The van der Waals surface area contributed by atoms with E-state index in [-0.39, 0.29) is 10.3 Å².